The first-order valence-corrected chi connectivity index (χ1v) is 10.5. The third-order valence-corrected chi connectivity index (χ3v) is 5.27. The van der Waals surface area contributed by atoms with Crippen molar-refractivity contribution in [2.45, 2.75) is 52.6 Å². The average Bonchev–Trinajstić information content (AvgIpc) is 2.71. The van der Waals surface area contributed by atoms with Crippen LogP contribution in [0.25, 0.3) is 10.8 Å². The average molecular weight is 390 g/mol. The predicted octanol–water partition coefficient (Wildman–Crippen LogP) is 5.79. The topological polar surface area (TPSA) is 38.3 Å². The summed E-state index contributed by atoms with van der Waals surface area (Å²) < 4.78 is 6.01. The smallest absolute Gasteiger partial charge is 0.260 e. The maximum absolute atomic E-state index is 12.5. The monoisotopic (exact) mass is 389 g/mol. The summed E-state index contributed by atoms with van der Waals surface area (Å²) in [6.07, 6.45) is 1.31. The van der Waals surface area contributed by atoms with Gasteiger partial charge in [-0.15, -0.1) is 0 Å². The fourth-order valence-corrected chi connectivity index (χ4v) is 3.61. The van der Waals surface area contributed by atoms with Crippen molar-refractivity contribution in [1.29, 1.82) is 0 Å². The summed E-state index contributed by atoms with van der Waals surface area (Å²) >= 11 is 0. The molecule has 3 aromatic rings. The van der Waals surface area contributed by atoms with Gasteiger partial charge >= 0.3 is 0 Å². The van der Waals surface area contributed by atoms with Gasteiger partial charge in [-0.25, -0.2) is 0 Å². The van der Waals surface area contributed by atoms with Crippen LogP contribution in [0, 0.1) is 6.92 Å². The molecule has 3 nitrogen and oxygen atoms in total. The number of hydrogen-bond acceptors (Lipinski definition) is 2. The summed E-state index contributed by atoms with van der Waals surface area (Å²) in [5, 5.41) is 5.57. The number of amides is 1. The number of carbonyl (C=O) groups excluding carboxylic acids is 1. The van der Waals surface area contributed by atoms with Crippen molar-refractivity contribution in [3.8, 4) is 5.75 Å². The van der Waals surface area contributed by atoms with E-state index in [2.05, 4.69) is 73.8 Å². The van der Waals surface area contributed by atoms with Gasteiger partial charge in [-0.1, -0.05) is 68.4 Å². The first-order chi connectivity index (χ1) is 14.0. The van der Waals surface area contributed by atoms with Crippen LogP contribution < -0.4 is 10.1 Å². The van der Waals surface area contributed by atoms with E-state index in [1.807, 2.05) is 19.9 Å². The lowest BCUT2D eigenvalue weighted by Crippen LogP contribution is -2.37. The molecular formula is C26H31NO2. The summed E-state index contributed by atoms with van der Waals surface area (Å²) in [4.78, 5) is 12.5. The predicted molar refractivity (Wildman–Crippen MR) is 121 cm³/mol. The van der Waals surface area contributed by atoms with E-state index in [0.29, 0.717) is 12.5 Å². The van der Waals surface area contributed by atoms with Gasteiger partial charge in [-0.3, -0.25) is 4.79 Å². The SMILES string of the molecule is Cc1ccc(C(C)C)c(OC(C)C(=O)NCCCc2cccc3ccccc23)c1. The fraction of sp³-hybridized carbons (Fsp3) is 0.346. The lowest BCUT2D eigenvalue weighted by Gasteiger charge is -2.19. The highest BCUT2D eigenvalue weighted by Crippen LogP contribution is 2.28. The molecule has 1 amide bonds. The molecule has 0 bridgehead atoms. The summed E-state index contributed by atoms with van der Waals surface area (Å²) in [5.41, 5.74) is 3.58. The van der Waals surface area contributed by atoms with E-state index in [4.69, 9.17) is 4.74 Å². The molecule has 0 heterocycles. The maximum atomic E-state index is 12.5. The first kappa shape index (κ1) is 20.9. The van der Waals surface area contributed by atoms with Crippen molar-refractivity contribution in [1.82, 2.24) is 5.32 Å². The minimum absolute atomic E-state index is 0.0702. The highest BCUT2D eigenvalue weighted by atomic mass is 16.5. The molecule has 152 valence electrons. The summed E-state index contributed by atoms with van der Waals surface area (Å²) in [5.74, 6) is 1.08. The van der Waals surface area contributed by atoms with E-state index in [1.165, 1.54) is 16.3 Å². The number of benzene rings is 3. The molecule has 0 radical (unpaired) electrons. The van der Waals surface area contributed by atoms with Gasteiger partial charge in [0.1, 0.15) is 5.75 Å². The van der Waals surface area contributed by atoms with Crippen LogP contribution in [0.4, 0.5) is 0 Å². The maximum Gasteiger partial charge on any atom is 0.260 e. The molecule has 3 rings (SSSR count). The van der Waals surface area contributed by atoms with Crippen molar-refractivity contribution in [3.05, 3.63) is 77.4 Å². The second-order valence-electron chi connectivity index (χ2n) is 7.99. The molecule has 0 aliphatic heterocycles. The standard InChI is InChI=1S/C26H31NO2/c1-18(2)23-15-14-19(3)17-25(23)29-20(4)26(28)27-16-8-12-22-11-7-10-21-9-5-6-13-24(21)22/h5-7,9-11,13-15,17-18,20H,8,12,16H2,1-4H3,(H,27,28). The Labute approximate surface area is 174 Å². The fourth-order valence-electron chi connectivity index (χ4n) is 3.61. The number of ether oxygens (including phenoxy) is 1. The van der Waals surface area contributed by atoms with Crippen molar-refractivity contribution >= 4 is 16.7 Å². The lowest BCUT2D eigenvalue weighted by molar-refractivity contribution is -0.127. The van der Waals surface area contributed by atoms with Crippen LogP contribution in [0.1, 0.15) is 49.8 Å². The number of carbonyl (C=O) groups is 1. The van der Waals surface area contributed by atoms with Gasteiger partial charge in [0.05, 0.1) is 0 Å². The van der Waals surface area contributed by atoms with Gasteiger partial charge in [0.25, 0.3) is 5.91 Å². The molecule has 1 N–H and O–H groups in total. The van der Waals surface area contributed by atoms with Gasteiger partial charge in [0.15, 0.2) is 6.10 Å². The molecule has 0 saturated carbocycles. The third kappa shape index (κ3) is 5.38. The van der Waals surface area contributed by atoms with Crippen LogP contribution in [0.5, 0.6) is 5.75 Å². The number of hydrogen-bond donors (Lipinski definition) is 1. The Balaban J connectivity index is 1.52. The molecule has 0 saturated heterocycles. The zero-order valence-electron chi connectivity index (χ0n) is 17.9. The molecule has 1 atom stereocenters. The minimum atomic E-state index is -0.521. The normalized spacial score (nSPS) is 12.2. The van der Waals surface area contributed by atoms with Crippen LogP contribution in [0.15, 0.2) is 60.7 Å². The summed E-state index contributed by atoms with van der Waals surface area (Å²) in [6.45, 7) is 8.76. The van der Waals surface area contributed by atoms with Crippen LogP contribution in [0.3, 0.4) is 0 Å². The van der Waals surface area contributed by atoms with Gasteiger partial charge in [-0.05, 0) is 66.1 Å². The number of aryl methyl sites for hydroxylation is 2. The van der Waals surface area contributed by atoms with E-state index >= 15 is 0 Å². The minimum Gasteiger partial charge on any atom is -0.481 e. The second kappa shape index (κ2) is 9.60. The molecule has 1 unspecified atom stereocenters. The Bertz CT molecular complexity index is 972. The number of nitrogens with one attached hydrogen (secondary N) is 1. The molecule has 3 aromatic carbocycles. The van der Waals surface area contributed by atoms with Gasteiger partial charge < -0.3 is 10.1 Å². The van der Waals surface area contributed by atoms with E-state index in [0.717, 1.165) is 29.7 Å². The third-order valence-electron chi connectivity index (χ3n) is 5.27. The summed E-state index contributed by atoms with van der Waals surface area (Å²) in [6, 6.07) is 21.0. The van der Waals surface area contributed by atoms with E-state index in [-0.39, 0.29) is 5.91 Å². The van der Waals surface area contributed by atoms with Crippen LogP contribution in [-0.4, -0.2) is 18.6 Å². The van der Waals surface area contributed by atoms with Crippen LogP contribution in [-0.2, 0) is 11.2 Å². The lowest BCUT2D eigenvalue weighted by atomic mass is 10.0. The highest BCUT2D eigenvalue weighted by molar-refractivity contribution is 5.85. The molecule has 3 heteroatoms. The molecule has 0 spiro atoms. The Morgan fingerprint density at radius 3 is 2.55 bits per heavy atom. The first-order valence-electron chi connectivity index (χ1n) is 10.5. The molecular weight excluding hydrogens is 358 g/mol. The zero-order valence-corrected chi connectivity index (χ0v) is 17.9. The largest absolute Gasteiger partial charge is 0.481 e. The molecule has 29 heavy (non-hydrogen) atoms. The molecule has 0 aliphatic rings. The second-order valence-corrected chi connectivity index (χ2v) is 7.99. The van der Waals surface area contributed by atoms with Crippen LogP contribution in [0.2, 0.25) is 0 Å². The van der Waals surface area contributed by atoms with E-state index < -0.39 is 6.10 Å². The van der Waals surface area contributed by atoms with Crippen LogP contribution >= 0.6 is 0 Å². The highest BCUT2D eigenvalue weighted by Gasteiger charge is 2.17. The Hall–Kier alpha value is -2.81. The van der Waals surface area contributed by atoms with Gasteiger partial charge in [0, 0.05) is 6.54 Å². The Kier molecular flexibility index (Phi) is 6.92. The quantitative estimate of drug-likeness (QED) is 0.495. The summed E-state index contributed by atoms with van der Waals surface area (Å²) in [7, 11) is 0. The van der Waals surface area contributed by atoms with Crippen molar-refractivity contribution in [2.24, 2.45) is 0 Å². The van der Waals surface area contributed by atoms with E-state index in [1.54, 1.807) is 0 Å². The van der Waals surface area contributed by atoms with Gasteiger partial charge in [-0.2, -0.15) is 0 Å². The number of rotatable bonds is 8. The van der Waals surface area contributed by atoms with Crippen molar-refractivity contribution in [3.63, 3.8) is 0 Å². The molecule has 0 aliphatic carbocycles. The number of fused-ring (bicyclic) bond motifs is 1. The Morgan fingerprint density at radius 2 is 1.76 bits per heavy atom. The van der Waals surface area contributed by atoms with Gasteiger partial charge in [0.2, 0.25) is 0 Å². The van der Waals surface area contributed by atoms with Crippen molar-refractivity contribution in [2.75, 3.05) is 6.54 Å². The Morgan fingerprint density at radius 1 is 1.00 bits per heavy atom. The molecule has 0 fully saturated rings. The zero-order chi connectivity index (χ0) is 20.8. The van der Waals surface area contributed by atoms with Crippen molar-refractivity contribution < 1.29 is 9.53 Å². The van der Waals surface area contributed by atoms with E-state index in [9.17, 15) is 4.79 Å². The molecule has 0 aromatic heterocycles.